The van der Waals surface area contributed by atoms with Crippen molar-refractivity contribution in [2.45, 2.75) is 32.7 Å². The number of rotatable bonds is 3. The molecule has 5 heteroatoms. The fourth-order valence-electron chi connectivity index (χ4n) is 3.35. The first-order chi connectivity index (χ1) is 12.0. The van der Waals surface area contributed by atoms with Crippen LogP contribution in [0.15, 0.2) is 42.5 Å². The molecule has 1 heterocycles. The van der Waals surface area contributed by atoms with Gasteiger partial charge >= 0.3 is 0 Å². The van der Waals surface area contributed by atoms with E-state index in [1.165, 1.54) is 5.56 Å². The Morgan fingerprint density at radius 1 is 1.24 bits per heavy atom. The van der Waals surface area contributed by atoms with Crippen molar-refractivity contribution in [3.8, 4) is 0 Å². The predicted octanol–water partition coefficient (Wildman–Crippen LogP) is 4.12. The van der Waals surface area contributed by atoms with Crippen LogP contribution in [0.3, 0.4) is 0 Å². The van der Waals surface area contributed by atoms with Crippen molar-refractivity contribution < 1.29 is 9.59 Å². The number of fused-ring (bicyclic) bond motifs is 1. The van der Waals surface area contributed by atoms with Gasteiger partial charge in [0.25, 0.3) is 0 Å². The molecule has 1 unspecified atom stereocenters. The molecule has 0 aromatic heterocycles. The van der Waals surface area contributed by atoms with Crippen LogP contribution in [0.4, 0.5) is 5.69 Å². The van der Waals surface area contributed by atoms with Crippen LogP contribution in [0.2, 0.25) is 5.02 Å². The van der Waals surface area contributed by atoms with Crippen molar-refractivity contribution in [3.05, 3.63) is 64.2 Å². The Morgan fingerprint density at radius 2 is 2.00 bits per heavy atom. The van der Waals surface area contributed by atoms with E-state index in [1.807, 2.05) is 31.2 Å². The fourth-order valence-corrected chi connectivity index (χ4v) is 3.53. The summed E-state index contributed by atoms with van der Waals surface area (Å²) in [6.45, 7) is 4.12. The maximum absolute atomic E-state index is 12.6. The first kappa shape index (κ1) is 17.5. The first-order valence-electron chi connectivity index (χ1n) is 8.36. The minimum atomic E-state index is -0.234. The van der Waals surface area contributed by atoms with E-state index < -0.39 is 0 Å². The molecule has 1 aliphatic rings. The highest BCUT2D eigenvalue weighted by Crippen LogP contribution is 2.32. The number of carbonyl (C=O) groups is 2. The van der Waals surface area contributed by atoms with Gasteiger partial charge in [-0.2, -0.15) is 0 Å². The number of carbonyl (C=O) groups excluding carboxylic acids is 2. The van der Waals surface area contributed by atoms with Crippen molar-refractivity contribution in [1.82, 2.24) is 4.90 Å². The molecule has 130 valence electrons. The Morgan fingerprint density at radius 3 is 2.76 bits per heavy atom. The summed E-state index contributed by atoms with van der Waals surface area (Å²) < 4.78 is 0. The normalized spacial score (nSPS) is 16.3. The molecule has 1 N–H and O–H groups in total. The minimum Gasteiger partial charge on any atom is -0.335 e. The van der Waals surface area contributed by atoms with E-state index in [0.717, 1.165) is 17.5 Å². The number of halogens is 1. The van der Waals surface area contributed by atoms with E-state index in [2.05, 4.69) is 11.4 Å². The lowest BCUT2D eigenvalue weighted by molar-refractivity contribution is -0.132. The van der Waals surface area contributed by atoms with Gasteiger partial charge < -0.3 is 10.2 Å². The molecule has 1 aliphatic heterocycles. The maximum atomic E-state index is 12.6. The summed E-state index contributed by atoms with van der Waals surface area (Å²) >= 11 is 6.02. The van der Waals surface area contributed by atoms with Gasteiger partial charge in [0, 0.05) is 24.2 Å². The van der Waals surface area contributed by atoms with Crippen LogP contribution in [-0.4, -0.2) is 23.3 Å². The van der Waals surface area contributed by atoms with E-state index in [4.69, 9.17) is 11.6 Å². The molecule has 0 saturated carbocycles. The van der Waals surface area contributed by atoms with Crippen LogP contribution in [0.1, 0.15) is 36.1 Å². The van der Waals surface area contributed by atoms with Crippen LogP contribution in [0, 0.1) is 6.92 Å². The average Bonchev–Trinajstić information content (AvgIpc) is 2.58. The van der Waals surface area contributed by atoms with Gasteiger partial charge in [-0.15, -0.1) is 0 Å². The first-order valence-corrected chi connectivity index (χ1v) is 8.74. The number of anilines is 1. The van der Waals surface area contributed by atoms with Crippen molar-refractivity contribution in [2.75, 3.05) is 11.9 Å². The largest absolute Gasteiger partial charge is 0.335 e. The zero-order valence-corrected chi connectivity index (χ0v) is 15.1. The van der Waals surface area contributed by atoms with Crippen LogP contribution in [0.25, 0.3) is 0 Å². The van der Waals surface area contributed by atoms with Crippen molar-refractivity contribution in [3.63, 3.8) is 0 Å². The van der Waals surface area contributed by atoms with Crippen molar-refractivity contribution in [1.29, 1.82) is 0 Å². The second-order valence-electron chi connectivity index (χ2n) is 6.39. The quantitative estimate of drug-likeness (QED) is 0.899. The number of hydrogen-bond acceptors (Lipinski definition) is 2. The molecule has 0 saturated heterocycles. The van der Waals surface area contributed by atoms with Crippen molar-refractivity contribution in [2.24, 2.45) is 0 Å². The summed E-state index contributed by atoms with van der Waals surface area (Å²) in [4.78, 5) is 26.4. The molecule has 2 aromatic rings. The van der Waals surface area contributed by atoms with Gasteiger partial charge in [-0.1, -0.05) is 41.9 Å². The summed E-state index contributed by atoms with van der Waals surface area (Å²) in [6, 6.07) is 13.2. The number of nitrogens with zero attached hydrogens (tertiary/aromatic N) is 1. The molecule has 2 aromatic carbocycles. The lowest BCUT2D eigenvalue weighted by Crippen LogP contribution is -2.40. The second-order valence-corrected chi connectivity index (χ2v) is 6.83. The standard InChI is InChI=1S/C20H21ClN2O2/c1-13-7-8-16(21)11-18(13)22-20(25)12-19-17-6-4-3-5-15(17)9-10-23(19)14(2)24/h3-8,11,19H,9-10,12H2,1-2H3,(H,22,25). The zero-order valence-electron chi connectivity index (χ0n) is 14.4. The molecule has 1 atom stereocenters. The van der Waals surface area contributed by atoms with Crippen LogP contribution < -0.4 is 5.32 Å². The molecule has 25 heavy (non-hydrogen) atoms. The number of aryl methyl sites for hydroxylation is 1. The van der Waals surface area contributed by atoms with Gasteiger partial charge in [-0.25, -0.2) is 0 Å². The molecule has 2 amide bonds. The Kier molecular flexibility index (Phi) is 5.09. The van der Waals surface area contributed by atoms with Gasteiger partial charge in [0.1, 0.15) is 0 Å². The molecule has 0 bridgehead atoms. The number of benzene rings is 2. The molecule has 0 aliphatic carbocycles. The molecule has 3 rings (SSSR count). The van der Waals surface area contributed by atoms with Crippen LogP contribution in [0.5, 0.6) is 0 Å². The summed E-state index contributed by atoms with van der Waals surface area (Å²) in [5, 5.41) is 3.51. The molecule has 0 spiro atoms. The predicted molar refractivity (Wildman–Crippen MR) is 99.7 cm³/mol. The second kappa shape index (κ2) is 7.28. The Bertz CT molecular complexity index is 819. The van der Waals surface area contributed by atoms with E-state index in [-0.39, 0.29) is 24.3 Å². The lowest BCUT2D eigenvalue weighted by atomic mass is 9.90. The average molecular weight is 357 g/mol. The van der Waals surface area contributed by atoms with Gasteiger partial charge in [0.05, 0.1) is 12.5 Å². The monoisotopic (exact) mass is 356 g/mol. The highest BCUT2D eigenvalue weighted by atomic mass is 35.5. The lowest BCUT2D eigenvalue weighted by Gasteiger charge is -2.36. The Balaban J connectivity index is 1.82. The number of hydrogen-bond donors (Lipinski definition) is 1. The third-order valence-electron chi connectivity index (χ3n) is 4.67. The number of nitrogens with one attached hydrogen (secondary N) is 1. The Hall–Kier alpha value is -2.33. The van der Waals surface area contributed by atoms with Crippen LogP contribution >= 0.6 is 11.6 Å². The highest BCUT2D eigenvalue weighted by molar-refractivity contribution is 6.31. The van der Waals surface area contributed by atoms with E-state index in [9.17, 15) is 9.59 Å². The van der Waals surface area contributed by atoms with Gasteiger partial charge in [0.2, 0.25) is 11.8 Å². The summed E-state index contributed by atoms with van der Waals surface area (Å²) in [6.07, 6.45) is 1.05. The highest BCUT2D eigenvalue weighted by Gasteiger charge is 2.30. The van der Waals surface area contributed by atoms with Gasteiger partial charge in [0.15, 0.2) is 0 Å². The third-order valence-corrected chi connectivity index (χ3v) is 4.90. The maximum Gasteiger partial charge on any atom is 0.226 e. The topological polar surface area (TPSA) is 49.4 Å². The Labute approximate surface area is 152 Å². The summed E-state index contributed by atoms with van der Waals surface area (Å²) in [5.74, 6) is -0.135. The van der Waals surface area contributed by atoms with E-state index >= 15 is 0 Å². The third kappa shape index (κ3) is 3.85. The van der Waals surface area contributed by atoms with Crippen LogP contribution in [-0.2, 0) is 16.0 Å². The molecule has 4 nitrogen and oxygen atoms in total. The van der Waals surface area contributed by atoms with E-state index in [0.29, 0.717) is 17.3 Å². The smallest absolute Gasteiger partial charge is 0.226 e. The number of amides is 2. The molecule has 0 radical (unpaired) electrons. The van der Waals surface area contributed by atoms with E-state index in [1.54, 1.807) is 24.0 Å². The summed E-state index contributed by atoms with van der Waals surface area (Å²) in [5.41, 5.74) is 3.92. The molecular weight excluding hydrogens is 336 g/mol. The zero-order chi connectivity index (χ0) is 18.0. The molecular formula is C20H21ClN2O2. The van der Waals surface area contributed by atoms with Crippen molar-refractivity contribution >= 4 is 29.1 Å². The fraction of sp³-hybridized carbons (Fsp3) is 0.300. The SMILES string of the molecule is CC(=O)N1CCc2ccccc2C1CC(=O)Nc1cc(Cl)ccc1C. The minimum absolute atomic E-state index is 0.00811. The van der Waals surface area contributed by atoms with Gasteiger partial charge in [-0.05, 0) is 42.2 Å². The van der Waals surface area contributed by atoms with Gasteiger partial charge in [-0.3, -0.25) is 9.59 Å². The molecule has 0 fully saturated rings. The summed E-state index contributed by atoms with van der Waals surface area (Å²) in [7, 11) is 0.